The molecule has 0 saturated heterocycles. The third-order valence-corrected chi connectivity index (χ3v) is 4.24. The van der Waals surface area contributed by atoms with E-state index in [2.05, 4.69) is 15.3 Å². The highest BCUT2D eigenvalue weighted by molar-refractivity contribution is 7.91. The van der Waals surface area contributed by atoms with E-state index in [0.29, 0.717) is 6.54 Å². The van der Waals surface area contributed by atoms with Crippen molar-refractivity contribution in [3.63, 3.8) is 0 Å². The molecule has 0 atom stereocenters. The molecule has 114 valence electrons. The van der Waals surface area contributed by atoms with E-state index in [4.69, 9.17) is 17.3 Å². The standard InChI is InChI=1S/C11H15ClN6O2S/c1-4-17(2)11-9(21(3,19)20)10(13)18(16-11)8-6-5-7(12)14-15-8/h5-6H,4,13H2,1-3H3. The molecule has 2 aromatic heterocycles. The number of nitrogens with two attached hydrogens (primary N) is 1. The first-order valence-electron chi connectivity index (χ1n) is 6.05. The van der Waals surface area contributed by atoms with Crippen LogP contribution in [0.3, 0.4) is 0 Å². The van der Waals surface area contributed by atoms with Gasteiger partial charge in [0.05, 0.1) is 0 Å². The fourth-order valence-corrected chi connectivity index (χ4v) is 2.85. The smallest absolute Gasteiger partial charge is 0.182 e. The Kier molecular flexibility index (Phi) is 4.06. The number of rotatable bonds is 4. The Morgan fingerprint density at radius 3 is 2.52 bits per heavy atom. The largest absolute Gasteiger partial charge is 0.382 e. The zero-order valence-electron chi connectivity index (χ0n) is 11.8. The van der Waals surface area contributed by atoms with Gasteiger partial charge in [0.15, 0.2) is 31.5 Å². The van der Waals surface area contributed by atoms with Gasteiger partial charge in [-0.15, -0.1) is 15.3 Å². The first-order chi connectivity index (χ1) is 9.75. The molecular formula is C11H15ClN6O2S. The summed E-state index contributed by atoms with van der Waals surface area (Å²) in [6.07, 6.45) is 1.09. The second-order valence-electron chi connectivity index (χ2n) is 4.45. The van der Waals surface area contributed by atoms with Gasteiger partial charge in [-0.2, -0.15) is 4.68 Å². The van der Waals surface area contributed by atoms with E-state index in [9.17, 15) is 8.42 Å². The number of aromatic nitrogens is 4. The van der Waals surface area contributed by atoms with Crippen LogP contribution in [0.1, 0.15) is 6.92 Å². The van der Waals surface area contributed by atoms with Gasteiger partial charge in [0, 0.05) is 19.8 Å². The SMILES string of the molecule is CCN(C)c1nn(-c2ccc(Cl)nn2)c(N)c1S(C)(=O)=O. The average Bonchev–Trinajstić information content (AvgIpc) is 2.76. The molecule has 0 unspecified atom stereocenters. The van der Waals surface area contributed by atoms with E-state index in [-0.39, 0.29) is 27.5 Å². The summed E-state index contributed by atoms with van der Waals surface area (Å²) in [5, 5.41) is 12.0. The van der Waals surface area contributed by atoms with E-state index in [1.165, 1.54) is 10.7 Å². The zero-order valence-corrected chi connectivity index (χ0v) is 13.4. The van der Waals surface area contributed by atoms with Crippen LogP contribution < -0.4 is 10.6 Å². The fraction of sp³-hybridized carbons (Fsp3) is 0.364. The Morgan fingerprint density at radius 1 is 1.38 bits per heavy atom. The normalized spacial score (nSPS) is 11.6. The molecule has 2 N–H and O–H groups in total. The Balaban J connectivity index is 2.70. The van der Waals surface area contributed by atoms with Crippen molar-refractivity contribution in [3.8, 4) is 5.82 Å². The molecule has 8 nitrogen and oxygen atoms in total. The molecular weight excluding hydrogens is 316 g/mol. The third-order valence-electron chi connectivity index (χ3n) is 2.90. The molecule has 2 rings (SSSR count). The van der Waals surface area contributed by atoms with E-state index >= 15 is 0 Å². The van der Waals surface area contributed by atoms with Gasteiger partial charge in [0.25, 0.3) is 0 Å². The maximum absolute atomic E-state index is 12.0. The van der Waals surface area contributed by atoms with Crippen molar-refractivity contribution in [2.75, 3.05) is 30.5 Å². The summed E-state index contributed by atoms with van der Waals surface area (Å²) >= 11 is 5.68. The highest BCUT2D eigenvalue weighted by Gasteiger charge is 2.27. The van der Waals surface area contributed by atoms with Gasteiger partial charge in [-0.25, -0.2) is 8.42 Å². The lowest BCUT2D eigenvalue weighted by Crippen LogP contribution is -2.19. The summed E-state index contributed by atoms with van der Waals surface area (Å²) in [5.41, 5.74) is 5.95. The number of sulfone groups is 1. The Labute approximate surface area is 127 Å². The lowest BCUT2D eigenvalue weighted by molar-refractivity contribution is 0.602. The number of anilines is 2. The molecule has 0 saturated carbocycles. The number of nitrogen functional groups attached to an aromatic ring is 1. The first-order valence-corrected chi connectivity index (χ1v) is 8.32. The van der Waals surface area contributed by atoms with Gasteiger partial charge in [-0.05, 0) is 19.1 Å². The highest BCUT2D eigenvalue weighted by Crippen LogP contribution is 2.30. The predicted octanol–water partition coefficient (Wildman–Crippen LogP) is 0.758. The van der Waals surface area contributed by atoms with Crippen LogP contribution >= 0.6 is 11.6 Å². The number of halogens is 1. The van der Waals surface area contributed by atoms with Crippen molar-refractivity contribution in [2.45, 2.75) is 11.8 Å². The third kappa shape index (κ3) is 2.93. The minimum atomic E-state index is -3.54. The van der Waals surface area contributed by atoms with Crippen LogP contribution in [0.4, 0.5) is 11.6 Å². The zero-order chi connectivity index (χ0) is 15.8. The molecule has 0 aliphatic heterocycles. The maximum Gasteiger partial charge on any atom is 0.182 e. The van der Waals surface area contributed by atoms with Crippen molar-refractivity contribution in [2.24, 2.45) is 0 Å². The molecule has 10 heteroatoms. The molecule has 0 aliphatic carbocycles. The van der Waals surface area contributed by atoms with Crippen LogP contribution in [0.25, 0.3) is 5.82 Å². The minimum absolute atomic E-state index is 0.00979. The fourth-order valence-electron chi connectivity index (χ4n) is 1.76. The van der Waals surface area contributed by atoms with Crippen LogP contribution in [0.2, 0.25) is 5.15 Å². The summed E-state index contributed by atoms with van der Waals surface area (Å²) < 4.78 is 25.2. The van der Waals surface area contributed by atoms with E-state index < -0.39 is 9.84 Å². The molecule has 0 amide bonds. The number of hydrogen-bond donors (Lipinski definition) is 1. The van der Waals surface area contributed by atoms with Crippen molar-refractivity contribution in [3.05, 3.63) is 17.3 Å². The highest BCUT2D eigenvalue weighted by atomic mass is 35.5. The molecule has 0 spiro atoms. The van der Waals surface area contributed by atoms with Gasteiger partial charge < -0.3 is 10.6 Å². The molecule has 0 fully saturated rings. The van der Waals surface area contributed by atoms with Crippen LogP contribution in [-0.4, -0.2) is 48.2 Å². The summed E-state index contributed by atoms with van der Waals surface area (Å²) in [6, 6.07) is 3.08. The van der Waals surface area contributed by atoms with Crippen molar-refractivity contribution in [1.82, 2.24) is 20.0 Å². The predicted molar refractivity (Wildman–Crippen MR) is 80.6 cm³/mol. The van der Waals surface area contributed by atoms with E-state index in [1.54, 1.807) is 18.0 Å². The van der Waals surface area contributed by atoms with E-state index in [1.807, 2.05) is 6.92 Å². The number of nitrogens with zero attached hydrogens (tertiary/aromatic N) is 5. The lowest BCUT2D eigenvalue weighted by atomic mass is 10.5. The Hall–Kier alpha value is -1.87. The summed E-state index contributed by atoms with van der Waals surface area (Å²) in [5.74, 6) is 0.552. The second-order valence-corrected chi connectivity index (χ2v) is 6.79. The van der Waals surface area contributed by atoms with Gasteiger partial charge in [0.2, 0.25) is 0 Å². The van der Waals surface area contributed by atoms with E-state index in [0.717, 1.165) is 6.26 Å². The van der Waals surface area contributed by atoms with Gasteiger partial charge in [0.1, 0.15) is 5.82 Å². The van der Waals surface area contributed by atoms with Gasteiger partial charge >= 0.3 is 0 Å². The van der Waals surface area contributed by atoms with Gasteiger partial charge in [-0.1, -0.05) is 11.6 Å². The van der Waals surface area contributed by atoms with Crippen LogP contribution in [0.5, 0.6) is 0 Å². The first kappa shape index (κ1) is 15.5. The minimum Gasteiger partial charge on any atom is -0.382 e. The quantitative estimate of drug-likeness (QED) is 0.881. The van der Waals surface area contributed by atoms with Crippen molar-refractivity contribution >= 4 is 33.1 Å². The molecule has 0 bridgehead atoms. The van der Waals surface area contributed by atoms with Crippen LogP contribution in [0, 0.1) is 0 Å². The Morgan fingerprint density at radius 2 is 2.05 bits per heavy atom. The average molecular weight is 331 g/mol. The molecule has 0 radical (unpaired) electrons. The second kappa shape index (κ2) is 5.49. The summed E-state index contributed by atoms with van der Waals surface area (Å²) in [7, 11) is -1.81. The van der Waals surface area contributed by atoms with Crippen LogP contribution in [-0.2, 0) is 9.84 Å². The summed E-state index contributed by atoms with van der Waals surface area (Å²) in [4.78, 5) is 1.66. The lowest BCUT2D eigenvalue weighted by Gasteiger charge is -2.14. The summed E-state index contributed by atoms with van der Waals surface area (Å²) in [6.45, 7) is 2.45. The maximum atomic E-state index is 12.0. The molecule has 0 aromatic carbocycles. The number of hydrogen-bond acceptors (Lipinski definition) is 7. The molecule has 0 aliphatic rings. The topological polar surface area (TPSA) is 107 Å². The van der Waals surface area contributed by atoms with Crippen molar-refractivity contribution in [1.29, 1.82) is 0 Å². The monoisotopic (exact) mass is 330 g/mol. The Bertz CT molecular complexity index is 756. The van der Waals surface area contributed by atoms with Crippen molar-refractivity contribution < 1.29 is 8.42 Å². The molecule has 2 heterocycles. The van der Waals surface area contributed by atoms with Gasteiger partial charge in [-0.3, -0.25) is 0 Å². The van der Waals surface area contributed by atoms with Crippen LogP contribution in [0.15, 0.2) is 17.0 Å². The molecule has 21 heavy (non-hydrogen) atoms. The molecule has 2 aromatic rings.